The Kier molecular flexibility index (Phi) is 6.95. The van der Waals surface area contributed by atoms with Gasteiger partial charge < -0.3 is 15.4 Å². The summed E-state index contributed by atoms with van der Waals surface area (Å²) >= 11 is 0. The van der Waals surface area contributed by atoms with E-state index >= 15 is 0 Å². The number of carbonyl (C=O) groups is 2. The highest BCUT2D eigenvalue weighted by Gasteiger charge is 2.10. The van der Waals surface area contributed by atoms with Gasteiger partial charge in [-0.2, -0.15) is 0 Å². The molecule has 0 saturated carbocycles. The lowest BCUT2D eigenvalue weighted by molar-refractivity contribution is -0.118. The second-order valence-corrected chi connectivity index (χ2v) is 6.38. The van der Waals surface area contributed by atoms with E-state index in [0.717, 1.165) is 17.5 Å². The topological polar surface area (TPSA) is 80.3 Å². The number of amides is 2. The van der Waals surface area contributed by atoms with Crippen molar-refractivity contribution in [2.75, 3.05) is 11.9 Å². The molecule has 1 heterocycles. The van der Waals surface area contributed by atoms with Crippen LogP contribution >= 0.6 is 0 Å². The van der Waals surface area contributed by atoms with E-state index in [1.807, 2.05) is 49.4 Å². The molecule has 0 atom stereocenters. The third-order valence-electron chi connectivity index (χ3n) is 4.37. The zero-order chi connectivity index (χ0) is 20.5. The quantitative estimate of drug-likeness (QED) is 0.617. The van der Waals surface area contributed by atoms with Crippen LogP contribution in [0.3, 0.4) is 0 Å². The number of pyridine rings is 1. The summed E-state index contributed by atoms with van der Waals surface area (Å²) < 4.78 is 5.67. The number of para-hydroxylation sites is 2. The van der Waals surface area contributed by atoms with Crippen molar-refractivity contribution in [3.63, 3.8) is 0 Å². The number of aromatic nitrogens is 1. The molecule has 0 radical (unpaired) electrons. The predicted molar refractivity (Wildman–Crippen MR) is 112 cm³/mol. The minimum Gasteiger partial charge on any atom is -0.483 e. The lowest BCUT2D eigenvalue weighted by Gasteiger charge is -2.13. The van der Waals surface area contributed by atoms with Crippen molar-refractivity contribution in [3.05, 3.63) is 89.7 Å². The Labute approximate surface area is 169 Å². The van der Waals surface area contributed by atoms with E-state index in [1.165, 1.54) is 6.20 Å². The number of carbonyl (C=O) groups excluding carboxylic acids is 2. The molecule has 0 spiro atoms. The van der Waals surface area contributed by atoms with Gasteiger partial charge in [-0.15, -0.1) is 0 Å². The molecule has 1 aromatic heterocycles. The summed E-state index contributed by atoms with van der Waals surface area (Å²) in [5.74, 6) is 0.225. The highest BCUT2D eigenvalue weighted by Crippen LogP contribution is 2.19. The van der Waals surface area contributed by atoms with Gasteiger partial charge >= 0.3 is 0 Å². The van der Waals surface area contributed by atoms with Gasteiger partial charge in [0.15, 0.2) is 6.61 Å². The molecule has 2 aromatic carbocycles. The van der Waals surface area contributed by atoms with Gasteiger partial charge in [-0.25, -0.2) is 0 Å². The average Bonchev–Trinajstić information content (AvgIpc) is 2.77. The number of nitrogens with zero attached hydrogens (tertiary/aromatic N) is 1. The van der Waals surface area contributed by atoms with E-state index < -0.39 is 0 Å². The van der Waals surface area contributed by atoms with Crippen molar-refractivity contribution in [2.45, 2.75) is 19.9 Å². The Bertz CT molecular complexity index is 974. The number of ether oxygens (including phenoxy) is 1. The van der Waals surface area contributed by atoms with Crippen molar-refractivity contribution in [1.29, 1.82) is 0 Å². The summed E-state index contributed by atoms with van der Waals surface area (Å²) in [7, 11) is 0. The van der Waals surface area contributed by atoms with Crippen LogP contribution in [0.5, 0.6) is 5.75 Å². The first-order chi connectivity index (χ1) is 14.2. The summed E-state index contributed by atoms with van der Waals surface area (Å²) in [6.45, 7) is 2.23. The second-order valence-electron chi connectivity index (χ2n) is 6.38. The Hall–Kier alpha value is -3.67. The lowest BCUT2D eigenvalue weighted by Crippen LogP contribution is -2.25. The third-order valence-corrected chi connectivity index (χ3v) is 4.37. The van der Waals surface area contributed by atoms with Crippen molar-refractivity contribution < 1.29 is 14.3 Å². The SMILES string of the molecule is CCc1ccccc1OCC(=O)Nc1ccccc1CNC(=O)c1cccnc1. The molecule has 0 fully saturated rings. The first-order valence-electron chi connectivity index (χ1n) is 9.44. The van der Waals surface area contributed by atoms with Crippen LogP contribution in [0.2, 0.25) is 0 Å². The summed E-state index contributed by atoms with van der Waals surface area (Å²) in [6.07, 6.45) is 3.95. The molecule has 2 N–H and O–H groups in total. The molecule has 0 aliphatic carbocycles. The third kappa shape index (κ3) is 5.65. The monoisotopic (exact) mass is 389 g/mol. The van der Waals surface area contributed by atoms with Crippen molar-refractivity contribution in [2.24, 2.45) is 0 Å². The zero-order valence-corrected chi connectivity index (χ0v) is 16.2. The molecule has 0 aliphatic rings. The normalized spacial score (nSPS) is 10.2. The van der Waals surface area contributed by atoms with Crippen molar-refractivity contribution >= 4 is 17.5 Å². The molecule has 148 valence electrons. The van der Waals surface area contributed by atoms with Gasteiger partial charge in [0.1, 0.15) is 5.75 Å². The average molecular weight is 389 g/mol. The van der Waals surface area contributed by atoms with Crippen LogP contribution in [0.25, 0.3) is 0 Å². The van der Waals surface area contributed by atoms with E-state index in [-0.39, 0.29) is 25.0 Å². The largest absolute Gasteiger partial charge is 0.483 e. The smallest absolute Gasteiger partial charge is 0.262 e. The number of aryl methyl sites for hydroxylation is 1. The molecule has 0 saturated heterocycles. The van der Waals surface area contributed by atoms with Crippen molar-refractivity contribution in [3.8, 4) is 5.75 Å². The summed E-state index contributed by atoms with van der Waals surface area (Å²) in [5.41, 5.74) is 2.97. The van der Waals surface area contributed by atoms with E-state index in [2.05, 4.69) is 15.6 Å². The Morgan fingerprint density at radius 3 is 2.48 bits per heavy atom. The Balaban J connectivity index is 1.58. The number of rotatable bonds is 8. The maximum absolute atomic E-state index is 12.4. The first-order valence-corrected chi connectivity index (χ1v) is 9.44. The highest BCUT2D eigenvalue weighted by atomic mass is 16.5. The molecule has 0 aliphatic heterocycles. The van der Waals surface area contributed by atoms with Crippen LogP contribution in [0.15, 0.2) is 73.1 Å². The lowest BCUT2D eigenvalue weighted by atomic mass is 10.1. The molecule has 0 bridgehead atoms. The maximum atomic E-state index is 12.4. The van der Waals surface area contributed by atoms with Crippen LogP contribution in [-0.2, 0) is 17.8 Å². The predicted octanol–water partition coefficient (Wildman–Crippen LogP) is 3.59. The van der Waals surface area contributed by atoms with E-state index in [9.17, 15) is 9.59 Å². The fourth-order valence-electron chi connectivity index (χ4n) is 2.84. The molecule has 3 rings (SSSR count). The summed E-state index contributed by atoms with van der Waals surface area (Å²) in [4.78, 5) is 28.5. The fourth-order valence-corrected chi connectivity index (χ4v) is 2.84. The molecular weight excluding hydrogens is 366 g/mol. The molecular formula is C23H23N3O3. The van der Waals surface area contributed by atoms with Crippen LogP contribution < -0.4 is 15.4 Å². The standard InChI is InChI=1S/C23H23N3O3/c1-2-17-8-4-6-12-21(17)29-16-22(27)26-20-11-5-3-9-18(20)15-25-23(28)19-10-7-13-24-14-19/h3-14H,2,15-16H2,1H3,(H,25,28)(H,26,27). The summed E-state index contributed by atoms with van der Waals surface area (Å²) in [5, 5.41) is 5.69. The molecule has 6 heteroatoms. The number of hydrogen-bond donors (Lipinski definition) is 2. The molecule has 29 heavy (non-hydrogen) atoms. The second kappa shape index (κ2) is 10.0. The minimum atomic E-state index is -0.262. The maximum Gasteiger partial charge on any atom is 0.262 e. The Morgan fingerprint density at radius 2 is 1.72 bits per heavy atom. The van der Waals surface area contributed by atoms with Crippen LogP contribution in [0.4, 0.5) is 5.69 Å². The first kappa shape index (κ1) is 20.1. The van der Waals surface area contributed by atoms with E-state index in [0.29, 0.717) is 17.0 Å². The zero-order valence-electron chi connectivity index (χ0n) is 16.2. The minimum absolute atomic E-state index is 0.0899. The summed E-state index contributed by atoms with van der Waals surface area (Å²) in [6, 6.07) is 18.4. The van der Waals surface area contributed by atoms with Gasteiger partial charge in [-0.05, 0) is 41.8 Å². The number of benzene rings is 2. The van der Waals surface area contributed by atoms with Gasteiger partial charge in [0, 0.05) is 24.6 Å². The number of hydrogen-bond acceptors (Lipinski definition) is 4. The fraction of sp³-hybridized carbons (Fsp3) is 0.174. The Morgan fingerprint density at radius 1 is 0.966 bits per heavy atom. The van der Waals surface area contributed by atoms with Gasteiger partial charge in [0.2, 0.25) is 0 Å². The molecule has 3 aromatic rings. The highest BCUT2D eigenvalue weighted by molar-refractivity contribution is 5.94. The van der Waals surface area contributed by atoms with Gasteiger partial charge in [0.25, 0.3) is 11.8 Å². The van der Waals surface area contributed by atoms with Crippen molar-refractivity contribution in [1.82, 2.24) is 10.3 Å². The van der Waals surface area contributed by atoms with Gasteiger partial charge in [-0.3, -0.25) is 14.6 Å². The van der Waals surface area contributed by atoms with Gasteiger partial charge in [0.05, 0.1) is 5.56 Å². The number of anilines is 1. The molecule has 2 amide bonds. The van der Waals surface area contributed by atoms with E-state index in [1.54, 1.807) is 24.4 Å². The van der Waals surface area contributed by atoms with E-state index in [4.69, 9.17) is 4.74 Å². The van der Waals surface area contributed by atoms with Crippen LogP contribution in [-0.4, -0.2) is 23.4 Å². The van der Waals surface area contributed by atoms with Gasteiger partial charge in [-0.1, -0.05) is 43.3 Å². The van der Waals surface area contributed by atoms with Crippen LogP contribution in [0.1, 0.15) is 28.4 Å². The molecule has 0 unspecified atom stereocenters. The van der Waals surface area contributed by atoms with Crippen LogP contribution in [0, 0.1) is 0 Å². The molecule has 6 nitrogen and oxygen atoms in total. The number of nitrogens with one attached hydrogen (secondary N) is 2.